The van der Waals surface area contributed by atoms with Gasteiger partial charge in [-0.2, -0.15) is 0 Å². The molecule has 666 valence electrons. The van der Waals surface area contributed by atoms with Crippen LogP contribution < -0.4 is 18.9 Å². The Morgan fingerprint density at radius 1 is 0.268 bits per heavy atom. The predicted octanol–water partition coefficient (Wildman–Crippen LogP) is 29.7. The molecule has 0 radical (unpaired) electrons. The Hall–Kier alpha value is -8.84. The Morgan fingerprint density at radius 3 is 0.748 bits per heavy atom. The third kappa shape index (κ3) is 39.5. The standard InChI is InChI=1S/C111H146F4O8/c1-5-9-13-17-29-37-45-75-118-104-71-61-90(83-100(104)112)55-53-88-57-65-94(67-59-92-63-73-106(102(114)85-92)120-77-47-39-31-19-15-11-7-3)96(81-88)51-43-35-27-23-21-25-33-41-49-79-122-110(116)108-98-69-70-99(87-98)109(108)111(117)123-80-50-42-34-26-22-24-28-36-44-52-97-82-89(54-56-91-62-72-105(101(113)84-91)119-76-46-38-30-18-14-10-6-2)58-66-95(97)68-60-93-64-74-107(103(115)86-93)121-78-48-40-32-20-16-12-8-4/h57-58,61-66,69-74,81-86,98-99,108-109H,5-52,75-80,87H2,1-4H3/t98?,99?,108-,109-/m1/s1. The van der Waals surface area contributed by atoms with Crippen molar-refractivity contribution in [3.8, 4) is 70.4 Å². The third-order valence-corrected chi connectivity index (χ3v) is 24.0. The van der Waals surface area contributed by atoms with E-state index < -0.39 is 35.1 Å². The van der Waals surface area contributed by atoms with Crippen LogP contribution in [0.3, 0.4) is 0 Å². The highest BCUT2D eigenvalue weighted by molar-refractivity contribution is 5.84. The van der Waals surface area contributed by atoms with E-state index in [1.165, 1.54) is 153 Å². The number of hydrogen-bond acceptors (Lipinski definition) is 8. The fourth-order valence-electron chi connectivity index (χ4n) is 16.6. The second-order valence-electron chi connectivity index (χ2n) is 34.4. The number of halogens is 4. The van der Waals surface area contributed by atoms with Gasteiger partial charge in [0.2, 0.25) is 0 Å². The zero-order chi connectivity index (χ0) is 86.8. The first-order valence-electron chi connectivity index (χ1n) is 48.5. The Balaban J connectivity index is 0.707. The zero-order valence-electron chi connectivity index (χ0n) is 75.5. The van der Waals surface area contributed by atoms with E-state index in [4.69, 9.17) is 28.4 Å². The average molecular weight is 1680 g/mol. The molecule has 2 aliphatic carbocycles. The van der Waals surface area contributed by atoms with Crippen LogP contribution in [0.1, 0.15) is 385 Å². The number of allylic oxidation sites excluding steroid dienone is 2. The van der Waals surface area contributed by atoms with Gasteiger partial charge in [-0.1, -0.05) is 331 Å². The summed E-state index contributed by atoms with van der Waals surface area (Å²) in [5.74, 6) is 23.8. The first-order chi connectivity index (χ1) is 60.4. The van der Waals surface area contributed by atoms with Crippen molar-refractivity contribution in [2.75, 3.05) is 39.6 Å². The molecule has 6 aromatic carbocycles. The molecule has 1 fully saturated rings. The number of fused-ring (bicyclic) bond motifs is 2. The maximum Gasteiger partial charge on any atom is 0.310 e. The van der Waals surface area contributed by atoms with E-state index in [0.717, 1.165) is 220 Å². The van der Waals surface area contributed by atoms with Crippen molar-refractivity contribution in [2.24, 2.45) is 23.7 Å². The number of unbranched alkanes of at least 4 members (excludes halogenated alkanes) is 40. The van der Waals surface area contributed by atoms with Gasteiger partial charge in [-0.15, -0.1) is 0 Å². The maximum atomic E-state index is 15.3. The van der Waals surface area contributed by atoms with Gasteiger partial charge in [0.15, 0.2) is 46.3 Å². The molecule has 8 nitrogen and oxygen atoms in total. The number of hydrogen-bond donors (Lipinski definition) is 0. The van der Waals surface area contributed by atoms with Crippen LogP contribution in [0.5, 0.6) is 23.0 Å². The molecule has 2 bridgehead atoms. The van der Waals surface area contributed by atoms with Gasteiger partial charge >= 0.3 is 11.9 Å². The largest absolute Gasteiger partial charge is 0.491 e. The minimum atomic E-state index is -0.492. The molecule has 2 aliphatic rings. The Bertz CT molecular complexity index is 4070. The smallest absolute Gasteiger partial charge is 0.310 e. The highest BCUT2D eigenvalue weighted by atomic mass is 19.1. The second kappa shape index (κ2) is 61.5. The summed E-state index contributed by atoms with van der Waals surface area (Å²) >= 11 is 0. The molecule has 8 rings (SSSR count). The van der Waals surface area contributed by atoms with Crippen molar-refractivity contribution in [2.45, 2.75) is 342 Å². The van der Waals surface area contributed by atoms with Crippen molar-refractivity contribution < 1.29 is 55.6 Å². The molecule has 0 N–H and O–H groups in total. The lowest BCUT2D eigenvalue weighted by Crippen LogP contribution is -2.35. The first-order valence-corrected chi connectivity index (χ1v) is 48.5. The summed E-state index contributed by atoms with van der Waals surface area (Å²) in [6.07, 6.45) is 57.9. The van der Waals surface area contributed by atoms with Gasteiger partial charge in [0.25, 0.3) is 0 Å². The molecule has 12 heteroatoms. The molecule has 1 saturated carbocycles. The van der Waals surface area contributed by atoms with Gasteiger partial charge in [0.05, 0.1) is 51.5 Å². The Morgan fingerprint density at radius 2 is 0.488 bits per heavy atom. The fraction of sp³-hybridized carbons (Fsp3) is 0.568. The first kappa shape index (κ1) is 99.6. The molecule has 6 aromatic rings. The minimum Gasteiger partial charge on any atom is -0.491 e. The van der Waals surface area contributed by atoms with Crippen LogP contribution in [0.4, 0.5) is 17.6 Å². The maximum absolute atomic E-state index is 15.3. The highest BCUT2D eigenvalue weighted by Gasteiger charge is 2.53. The second-order valence-corrected chi connectivity index (χ2v) is 34.4. The normalized spacial score (nSPS) is 14.2. The van der Waals surface area contributed by atoms with E-state index >= 15 is 17.6 Å². The average Bonchev–Trinajstić information content (AvgIpc) is 1.61. The third-order valence-electron chi connectivity index (χ3n) is 24.0. The quantitative estimate of drug-likeness (QED) is 0.0123. The Kier molecular flexibility index (Phi) is 49.8. The number of benzene rings is 6. The van der Waals surface area contributed by atoms with Crippen LogP contribution in [-0.2, 0) is 31.9 Å². The molecular weight excluding hydrogens is 1540 g/mol. The van der Waals surface area contributed by atoms with Crippen molar-refractivity contribution in [1.29, 1.82) is 0 Å². The number of carbonyl (C=O) groups excluding carboxylic acids is 2. The van der Waals surface area contributed by atoms with Crippen LogP contribution in [0.15, 0.2) is 121 Å². The molecule has 0 saturated heterocycles. The summed E-state index contributed by atoms with van der Waals surface area (Å²) in [4.78, 5) is 27.3. The number of ether oxygens (including phenoxy) is 6. The van der Waals surface area contributed by atoms with E-state index in [-0.39, 0.29) is 46.8 Å². The van der Waals surface area contributed by atoms with Crippen LogP contribution in [0, 0.1) is 94.3 Å². The summed E-state index contributed by atoms with van der Waals surface area (Å²) in [5, 5.41) is 0. The number of aryl methyl sites for hydroxylation is 2. The lowest BCUT2D eigenvalue weighted by Gasteiger charge is -2.25. The SMILES string of the molecule is CCCCCCCCCOc1ccc(C#Cc2ccc(C#Cc3ccc(OCCCCCCCCC)c(F)c3)c(CCCCCCCCCCCOC(=O)[C@@H]3C4C=CC(C4)[C@H]3C(=O)OCCCCCCCCCCCc3cc(C#Cc4ccc(OCCCCCCCCC)c(F)c4)ccc3C#Cc3ccc(OCCCCCCCCC)c(F)c3)c2)cc1F. The number of rotatable bonds is 62. The monoisotopic (exact) mass is 1680 g/mol. The van der Waals surface area contributed by atoms with Crippen LogP contribution in [-0.4, -0.2) is 51.6 Å². The van der Waals surface area contributed by atoms with Gasteiger partial charge in [-0.25, -0.2) is 17.6 Å². The van der Waals surface area contributed by atoms with E-state index in [2.05, 4.69) is 99.3 Å². The van der Waals surface area contributed by atoms with Crippen molar-refractivity contribution in [3.05, 3.63) is 200 Å². The van der Waals surface area contributed by atoms with Crippen LogP contribution >= 0.6 is 0 Å². The van der Waals surface area contributed by atoms with E-state index in [9.17, 15) is 9.59 Å². The van der Waals surface area contributed by atoms with Crippen LogP contribution in [0.2, 0.25) is 0 Å². The lowest BCUT2D eigenvalue weighted by atomic mass is 9.83. The molecule has 0 aliphatic heterocycles. The van der Waals surface area contributed by atoms with E-state index in [1.807, 2.05) is 48.5 Å². The zero-order valence-corrected chi connectivity index (χ0v) is 75.5. The molecule has 4 atom stereocenters. The summed E-state index contributed by atoms with van der Waals surface area (Å²) in [5.41, 5.74) is 7.83. The van der Waals surface area contributed by atoms with Crippen molar-refractivity contribution in [3.63, 3.8) is 0 Å². The van der Waals surface area contributed by atoms with Gasteiger partial charge in [-0.05, 0) is 203 Å². The summed E-state index contributed by atoms with van der Waals surface area (Å²) < 4.78 is 96.0. The Labute approximate surface area is 739 Å². The summed E-state index contributed by atoms with van der Waals surface area (Å²) in [6, 6.07) is 31.8. The van der Waals surface area contributed by atoms with Gasteiger partial charge < -0.3 is 28.4 Å². The van der Waals surface area contributed by atoms with Crippen molar-refractivity contribution in [1.82, 2.24) is 0 Å². The minimum absolute atomic E-state index is 0.00794. The van der Waals surface area contributed by atoms with Gasteiger partial charge in [-0.3, -0.25) is 9.59 Å². The number of esters is 2. The molecule has 0 aromatic heterocycles. The molecule has 0 heterocycles. The molecule has 0 spiro atoms. The molecule has 0 amide bonds. The molecule has 2 unspecified atom stereocenters. The van der Waals surface area contributed by atoms with Crippen LogP contribution in [0.25, 0.3) is 0 Å². The van der Waals surface area contributed by atoms with Crippen molar-refractivity contribution >= 4 is 11.9 Å². The molecular formula is C111H146F4O8. The highest BCUT2D eigenvalue weighted by Crippen LogP contribution is 2.49. The number of carbonyl (C=O) groups is 2. The fourth-order valence-corrected chi connectivity index (χ4v) is 16.6. The van der Waals surface area contributed by atoms with Gasteiger partial charge in [0.1, 0.15) is 0 Å². The lowest BCUT2D eigenvalue weighted by molar-refractivity contribution is -0.161. The van der Waals surface area contributed by atoms with Gasteiger partial charge in [0, 0.05) is 44.5 Å². The summed E-state index contributed by atoms with van der Waals surface area (Å²) in [7, 11) is 0. The summed E-state index contributed by atoms with van der Waals surface area (Å²) in [6.45, 7) is 11.6. The topological polar surface area (TPSA) is 89.5 Å². The predicted molar refractivity (Wildman–Crippen MR) is 497 cm³/mol. The van der Waals surface area contributed by atoms with E-state index in [0.29, 0.717) is 61.9 Å². The van der Waals surface area contributed by atoms with E-state index in [1.54, 1.807) is 24.3 Å². The molecule has 123 heavy (non-hydrogen) atoms.